The number of benzene rings is 1. The van der Waals surface area contributed by atoms with Crippen molar-refractivity contribution in [3.8, 4) is 0 Å². The van der Waals surface area contributed by atoms with Crippen molar-refractivity contribution in [2.75, 3.05) is 20.6 Å². The fraction of sp³-hybridized carbons (Fsp3) is 0.333. The molecule has 0 fully saturated rings. The Morgan fingerprint density at radius 2 is 2.06 bits per heavy atom. The van der Waals surface area contributed by atoms with Crippen LogP contribution in [0.2, 0.25) is 0 Å². The van der Waals surface area contributed by atoms with Gasteiger partial charge in [-0.3, -0.25) is 9.59 Å². The first-order valence-corrected chi connectivity index (χ1v) is 5.07. The molecule has 4 heteroatoms. The molecule has 0 atom stereocenters. The van der Waals surface area contributed by atoms with Crippen molar-refractivity contribution in [1.29, 1.82) is 0 Å². The van der Waals surface area contributed by atoms with Gasteiger partial charge in [0.05, 0.1) is 6.54 Å². The lowest BCUT2D eigenvalue weighted by Gasteiger charge is -2.16. The van der Waals surface area contributed by atoms with E-state index in [0.29, 0.717) is 5.56 Å². The third kappa shape index (κ3) is 3.08. The van der Waals surface area contributed by atoms with Crippen LogP contribution in [-0.2, 0) is 4.79 Å². The minimum atomic E-state index is -0.177. The van der Waals surface area contributed by atoms with Crippen molar-refractivity contribution in [2.24, 2.45) is 0 Å². The summed E-state index contributed by atoms with van der Waals surface area (Å²) in [6.07, 6.45) is 0. The maximum Gasteiger partial charge on any atom is 0.254 e. The molecule has 1 aromatic carbocycles. The standard InChI is InChI=1S/C12H16N2O2/c1-9-5-4-6-10(7-9)12(16)14(3)8-11(15)13-2/h4-7H,8H2,1-3H3,(H,13,15). The van der Waals surface area contributed by atoms with Gasteiger partial charge in [0, 0.05) is 19.7 Å². The zero-order valence-corrected chi connectivity index (χ0v) is 9.78. The van der Waals surface area contributed by atoms with Crippen LogP contribution in [0, 0.1) is 6.92 Å². The van der Waals surface area contributed by atoms with Gasteiger partial charge in [-0.25, -0.2) is 0 Å². The highest BCUT2D eigenvalue weighted by atomic mass is 16.2. The Morgan fingerprint density at radius 1 is 1.38 bits per heavy atom. The molecular formula is C12H16N2O2. The van der Waals surface area contributed by atoms with Gasteiger partial charge < -0.3 is 10.2 Å². The second-order valence-corrected chi connectivity index (χ2v) is 3.70. The van der Waals surface area contributed by atoms with E-state index in [1.165, 1.54) is 4.90 Å². The topological polar surface area (TPSA) is 49.4 Å². The Morgan fingerprint density at radius 3 is 2.62 bits per heavy atom. The molecule has 1 N–H and O–H groups in total. The van der Waals surface area contributed by atoms with E-state index in [9.17, 15) is 9.59 Å². The number of nitrogens with zero attached hydrogens (tertiary/aromatic N) is 1. The average molecular weight is 220 g/mol. The van der Waals surface area contributed by atoms with Crippen LogP contribution in [0.3, 0.4) is 0 Å². The Labute approximate surface area is 95.3 Å². The first-order valence-electron chi connectivity index (χ1n) is 5.07. The second kappa shape index (κ2) is 5.30. The third-order valence-corrected chi connectivity index (χ3v) is 2.27. The summed E-state index contributed by atoms with van der Waals surface area (Å²) < 4.78 is 0. The van der Waals surface area contributed by atoms with Crippen LogP contribution >= 0.6 is 0 Å². The van der Waals surface area contributed by atoms with E-state index >= 15 is 0 Å². The van der Waals surface area contributed by atoms with Gasteiger partial charge in [-0.15, -0.1) is 0 Å². The summed E-state index contributed by atoms with van der Waals surface area (Å²) >= 11 is 0. The molecular weight excluding hydrogens is 204 g/mol. The second-order valence-electron chi connectivity index (χ2n) is 3.70. The molecule has 2 amide bonds. The minimum absolute atomic E-state index is 0.0727. The number of likely N-dealkylation sites (N-methyl/N-ethyl adjacent to an activating group) is 2. The number of aryl methyl sites for hydroxylation is 1. The molecule has 0 aliphatic rings. The number of amides is 2. The molecule has 0 radical (unpaired) electrons. The predicted molar refractivity (Wildman–Crippen MR) is 62.2 cm³/mol. The van der Waals surface area contributed by atoms with Gasteiger partial charge in [-0.1, -0.05) is 17.7 Å². The highest BCUT2D eigenvalue weighted by Crippen LogP contribution is 2.06. The summed E-state index contributed by atoms with van der Waals surface area (Å²) in [5.74, 6) is -0.323. The van der Waals surface area contributed by atoms with E-state index in [1.54, 1.807) is 20.2 Å². The number of hydrogen-bond donors (Lipinski definition) is 1. The van der Waals surface area contributed by atoms with Gasteiger partial charge in [0.1, 0.15) is 0 Å². The zero-order valence-electron chi connectivity index (χ0n) is 9.78. The lowest BCUT2D eigenvalue weighted by molar-refractivity contribution is -0.121. The largest absolute Gasteiger partial charge is 0.358 e. The SMILES string of the molecule is CNC(=O)CN(C)C(=O)c1cccc(C)c1. The van der Waals surface area contributed by atoms with Crippen LogP contribution in [0.4, 0.5) is 0 Å². The molecule has 0 unspecified atom stereocenters. The molecule has 0 spiro atoms. The maximum absolute atomic E-state index is 11.9. The van der Waals surface area contributed by atoms with Crippen molar-refractivity contribution >= 4 is 11.8 Å². The average Bonchev–Trinajstić information content (AvgIpc) is 2.27. The molecule has 1 rings (SSSR count). The van der Waals surface area contributed by atoms with Gasteiger partial charge >= 0.3 is 0 Å². The number of rotatable bonds is 3. The summed E-state index contributed by atoms with van der Waals surface area (Å²) in [6.45, 7) is 2.00. The summed E-state index contributed by atoms with van der Waals surface area (Å²) in [5.41, 5.74) is 1.63. The van der Waals surface area contributed by atoms with E-state index in [4.69, 9.17) is 0 Å². The van der Waals surface area contributed by atoms with Crippen molar-refractivity contribution in [3.63, 3.8) is 0 Å². The van der Waals surface area contributed by atoms with Gasteiger partial charge in [0.25, 0.3) is 5.91 Å². The number of carbonyl (C=O) groups is 2. The Balaban J connectivity index is 2.74. The molecule has 0 bridgehead atoms. The molecule has 0 saturated carbocycles. The summed E-state index contributed by atoms with van der Waals surface area (Å²) in [4.78, 5) is 24.4. The Hall–Kier alpha value is -1.84. The van der Waals surface area contributed by atoms with Crippen LogP contribution in [0.15, 0.2) is 24.3 Å². The van der Waals surface area contributed by atoms with Crippen molar-refractivity contribution in [1.82, 2.24) is 10.2 Å². The number of carbonyl (C=O) groups excluding carboxylic acids is 2. The maximum atomic E-state index is 11.9. The van der Waals surface area contributed by atoms with Crippen molar-refractivity contribution in [2.45, 2.75) is 6.92 Å². The Bertz CT molecular complexity index is 402. The molecule has 0 heterocycles. The summed E-state index contributed by atoms with van der Waals surface area (Å²) in [6, 6.07) is 7.31. The minimum Gasteiger partial charge on any atom is -0.358 e. The fourth-order valence-corrected chi connectivity index (χ4v) is 1.36. The van der Waals surface area contributed by atoms with Gasteiger partial charge in [0.15, 0.2) is 0 Å². The number of hydrogen-bond acceptors (Lipinski definition) is 2. The predicted octanol–water partition coefficient (Wildman–Crippen LogP) is 0.813. The molecule has 0 aliphatic carbocycles. The van der Waals surface area contributed by atoms with Gasteiger partial charge in [-0.2, -0.15) is 0 Å². The van der Waals surface area contributed by atoms with E-state index in [2.05, 4.69) is 5.32 Å². The van der Waals surface area contributed by atoms with Crippen LogP contribution < -0.4 is 5.32 Å². The monoisotopic (exact) mass is 220 g/mol. The van der Waals surface area contributed by atoms with E-state index in [1.807, 2.05) is 25.1 Å². The lowest BCUT2D eigenvalue weighted by Crippen LogP contribution is -2.36. The van der Waals surface area contributed by atoms with Crippen LogP contribution in [0.1, 0.15) is 15.9 Å². The molecule has 4 nitrogen and oxygen atoms in total. The molecule has 86 valence electrons. The molecule has 0 aromatic heterocycles. The van der Waals surface area contributed by atoms with Crippen molar-refractivity contribution in [3.05, 3.63) is 35.4 Å². The van der Waals surface area contributed by atoms with Crippen LogP contribution in [0.5, 0.6) is 0 Å². The normalized spacial score (nSPS) is 9.69. The molecule has 0 aliphatic heterocycles. The molecule has 1 aromatic rings. The van der Waals surface area contributed by atoms with Crippen molar-refractivity contribution < 1.29 is 9.59 Å². The quantitative estimate of drug-likeness (QED) is 0.819. The smallest absolute Gasteiger partial charge is 0.254 e. The Kier molecular flexibility index (Phi) is 4.05. The zero-order chi connectivity index (χ0) is 12.1. The molecule has 0 saturated heterocycles. The van der Waals surface area contributed by atoms with E-state index in [0.717, 1.165) is 5.56 Å². The van der Waals surface area contributed by atoms with E-state index in [-0.39, 0.29) is 18.4 Å². The van der Waals surface area contributed by atoms with Crippen LogP contribution in [0.25, 0.3) is 0 Å². The highest BCUT2D eigenvalue weighted by Gasteiger charge is 2.13. The van der Waals surface area contributed by atoms with Crippen LogP contribution in [-0.4, -0.2) is 37.4 Å². The highest BCUT2D eigenvalue weighted by molar-refractivity contribution is 5.96. The fourth-order valence-electron chi connectivity index (χ4n) is 1.36. The molecule has 16 heavy (non-hydrogen) atoms. The summed E-state index contributed by atoms with van der Waals surface area (Å²) in [5, 5.41) is 2.48. The number of nitrogens with one attached hydrogen (secondary N) is 1. The first kappa shape index (κ1) is 12.2. The van der Waals surface area contributed by atoms with E-state index < -0.39 is 0 Å². The summed E-state index contributed by atoms with van der Waals surface area (Å²) in [7, 11) is 3.16. The lowest BCUT2D eigenvalue weighted by atomic mass is 10.1. The third-order valence-electron chi connectivity index (χ3n) is 2.27. The van der Waals surface area contributed by atoms with Gasteiger partial charge in [-0.05, 0) is 19.1 Å². The van der Waals surface area contributed by atoms with Gasteiger partial charge in [0.2, 0.25) is 5.91 Å². The first-order chi connectivity index (χ1) is 7.54.